The van der Waals surface area contributed by atoms with Gasteiger partial charge in [-0.25, -0.2) is 0 Å². The zero-order valence-corrected chi connectivity index (χ0v) is 9.46. The molecule has 1 aliphatic rings. The number of H-pyrrole nitrogens is 2. The lowest BCUT2D eigenvalue weighted by atomic mass is 9.96. The van der Waals surface area contributed by atoms with Gasteiger partial charge < -0.3 is 9.84 Å². The fourth-order valence-corrected chi connectivity index (χ4v) is 2.29. The topological polar surface area (TPSA) is 57.9 Å². The number of fused-ring (bicyclic) bond motifs is 1. The van der Waals surface area contributed by atoms with E-state index >= 15 is 0 Å². The minimum absolute atomic E-state index is 0.0412. The largest absolute Gasteiger partial charge is 0.370 e. The second-order valence-electron chi connectivity index (χ2n) is 4.71. The Bertz CT molecular complexity index is 392. The molecule has 0 radical (unpaired) electrons. The first-order valence-electron chi connectivity index (χ1n) is 5.52. The smallest absolute Gasteiger partial charge is 0.269 e. The highest BCUT2D eigenvalue weighted by Gasteiger charge is 2.28. The van der Waals surface area contributed by atoms with Crippen LogP contribution in [0.1, 0.15) is 44.6 Å². The molecule has 0 bridgehead atoms. The Morgan fingerprint density at radius 2 is 2.20 bits per heavy atom. The van der Waals surface area contributed by atoms with Crippen LogP contribution in [0.25, 0.3) is 0 Å². The standard InChI is InChI=1S/C11H18N2O2/c1-6(2)4-8-5-9-10(7(3)15-8)11(14)13-12-9/h6-8H,4-5H2,1-3H3,(H2,12,13,14)/t7-,8+/m0/s1. The first kappa shape index (κ1) is 10.5. The minimum atomic E-state index is -0.0903. The van der Waals surface area contributed by atoms with Gasteiger partial charge in [0.05, 0.1) is 17.8 Å². The lowest BCUT2D eigenvalue weighted by Gasteiger charge is -2.28. The molecule has 1 aliphatic heterocycles. The Labute approximate surface area is 89.0 Å². The van der Waals surface area contributed by atoms with Crippen molar-refractivity contribution < 1.29 is 4.74 Å². The van der Waals surface area contributed by atoms with E-state index in [1.165, 1.54) is 0 Å². The molecule has 2 rings (SSSR count). The zero-order valence-electron chi connectivity index (χ0n) is 9.46. The summed E-state index contributed by atoms with van der Waals surface area (Å²) in [4.78, 5) is 11.4. The van der Waals surface area contributed by atoms with E-state index in [4.69, 9.17) is 4.74 Å². The van der Waals surface area contributed by atoms with E-state index in [-0.39, 0.29) is 17.8 Å². The van der Waals surface area contributed by atoms with E-state index in [2.05, 4.69) is 24.0 Å². The molecule has 4 nitrogen and oxygen atoms in total. The maximum absolute atomic E-state index is 11.4. The summed E-state index contributed by atoms with van der Waals surface area (Å²) < 4.78 is 5.82. The summed E-state index contributed by atoms with van der Waals surface area (Å²) >= 11 is 0. The molecule has 0 amide bonds. The third kappa shape index (κ3) is 2.00. The van der Waals surface area contributed by atoms with Crippen LogP contribution in [-0.4, -0.2) is 16.3 Å². The van der Waals surface area contributed by atoms with Gasteiger partial charge in [0.15, 0.2) is 0 Å². The van der Waals surface area contributed by atoms with Crippen LogP contribution in [0.4, 0.5) is 0 Å². The predicted octanol–water partition coefficient (Wildman–Crippen LogP) is 1.75. The molecule has 2 N–H and O–H groups in total. The molecule has 1 aromatic rings. The fraction of sp³-hybridized carbons (Fsp3) is 0.727. The number of aromatic nitrogens is 2. The average molecular weight is 210 g/mol. The number of ether oxygens (including phenoxy) is 1. The van der Waals surface area contributed by atoms with E-state index in [9.17, 15) is 4.79 Å². The normalized spacial score (nSPS) is 25.6. The van der Waals surface area contributed by atoms with Gasteiger partial charge in [-0.3, -0.25) is 9.89 Å². The molecule has 0 spiro atoms. The number of rotatable bonds is 2. The summed E-state index contributed by atoms with van der Waals surface area (Å²) in [7, 11) is 0. The molecule has 84 valence electrons. The van der Waals surface area contributed by atoms with E-state index in [1.54, 1.807) is 0 Å². The SMILES string of the molecule is CC(C)C[C@@H]1Cc2[nH][nH]c(=O)c2[C@H](C)O1. The number of aromatic amines is 2. The maximum atomic E-state index is 11.4. The highest BCUT2D eigenvalue weighted by atomic mass is 16.5. The summed E-state index contributed by atoms with van der Waals surface area (Å²) in [6.07, 6.45) is 2.00. The summed E-state index contributed by atoms with van der Waals surface area (Å²) in [5, 5.41) is 5.56. The van der Waals surface area contributed by atoms with Crippen LogP contribution in [0.5, 0.6) is 0 Å². The van der Waals surface area contributed by atoms with Crippen molar-refractivity contribution in [1.29, 1.82) is 0 Å². The van der Waals surface area contributed by atoms with Crippen LogP contribution in [0.15, 0.2) is 4.79 Å². The van der Waals surface area contributed by atoms with Gasteiger partial charge >= 0.3 is 0 Å². The van der Waals surface area contributed by atoms with E-state index < -0.39 is 0 Å². The Hall–Kier alpha value is -1.03. The Morgan fingerprint density at radius 3 is 2.87 bits per heavy atom. The van der Waals surface area contributed by atoms with Crippen molar-refractivity contribution in [2.45, 2.75) is 45.8 Å². The molecule has 0 saturated heterocycles. The molecular weight excluding hydrogens is 192 g/mol. The van der Waals surface area contributed by atoms with E-state index in [1.807, 2.05) is 6.92 Å². The zero-order chi connectivity index (χ0) is 11.0. The van der Waals surface area contributed by atoms with Gasteiger partial charge in [-0.15, -0.1) is 0 Å². The van der Waals surface area contributed by atoms with Gasteiger partial charge in [-0.2, -0.15) is 0 Å². The van der Waals surface area contributed by atoms with Crippen molar-refractivity contribution >= 4 is 0 Å². The Kier molecular flexibility index (Phi) is 2.69. The molecule has 0 aliphatic carbocycles. The average Bonchev–Trinajstić information content (AvgIpc) is 2.46. The third-order valence-electron chi connectivity index (χ3n) is 2.87. The van der Waals surface area contributed by atoms with Crippen LogP contribution < -0.4 is 5.56 Å². The van der Waals surface area contributed by atoms with Crippen molar-refractivity contribution in [3.8, 4) is 0 Å². The van der Waals surface area contributed by atoms with Crippen molar-refractivity contribution in [2.24, 2.45) is 5.92 Å². The van der Waals surface area contributed by atoms with Gasteiger partial charge in [-0.05, 0) is 19.3 Å². The summed E-state index contributed by atoms with van der Waals surface area (Å²) in [6, 6.07) is 0. The summed E-state index contributed by atoms with van der Waals surface area (Å²) in [5.41, 5.74) is 1.75. The van der Waals surface area contributed by atoms with E-state index in [0.717, 1.165) is 24.1 Å². The second kappa shape index (κ2) is 3.85. The molecule has 0 saturated carbocycles. The van der Waals surface area contributed by atoms with Crippen LogP contribution in [0, 0.1) is 5.92 Å². The molecule has 2 heterocycles. The van der Waals surface area contributed by atoms with E-state index in [0.29, 0.717) is 5.92 Å². The molecular formula is C11H18N2O2. The first-order valence-corrected chi connectivity index (χ1v) is 5.52. The predicted molar refractivity (Wildman–Crippen MR) is 57.9 cm³/mol. The molecule has 0 fully saturated rings. The number of hydrogen-bond acceptors (Lipinski definition) is 2. The van der Waals surface area contributed by atoms with Gasteiger partial charge in [-0.1, -0.05) is 13.8 Å². The van der Waals surface area contributed by atoms with Crippen molar-refractivity contribution in [3.63, 3.8) is 0 Å². The lowest BCUT2D eigenvalue weighted by molar-refractivity contribution is -0.0263. The summed E-state index contributed by atoms with van der Waals surface area (Å²) in [6.45, 7) is 6.31. The maximum Gasteiger partial charge on any atom is 0.269 e. The molecule has 15 heavy (non-hydrogen) atoms. The highest BCUT2D eigenvalue weighted by Crippen LogP contribution is 2.28. The van der Waals surface area contributed by atoms with Crippen molar-refractivity contribution in [2.75, 3.05) is 0 Å². The van der Waals surface area contributed by atoms with Gasteiger partial charge in [0.2, 0.25) is 0 Å². The first-order chi connectivity index (χ1) is 7.08. The molecule has 0 aromatic carbocycles. The van der Waals surface area contributed by atoms with Crippen LogP contribution in [-0.2, 0) is 11.2 Å². The van der Waals surface area contributed by atoms with Crippen molar-refractivity contribution in [1.82, 2.24) is 10.2 Å². The molecule has 2 atom stereocenters. The second-order valence-corrected chi connectivity index (χ2v) is 4.71. The Morgan fingerprint density at radius 1 is 1.47 bits per heavy atom. The quantitative estimate of drug-likeness (QED) is 0.781. The monoisotopic (exact) mass is 210 g/mol. The molecule has 1 aromatic heterocycles. The molecule has 0 unspecified atom stereocenters. The van der Waals surface area contributed by atoms with Crippen molar-refractivity contribution in [3.05, 3.63) is 21.6 Å². The lowest BCUT2D eigenvalue weighted by Crippen LogP contribution is -2.28. The number of hydrogen-bond donors (Lipinski definition) is 2. The van der Waals surface area contributed by atoms with Crippen LogP contribution in [0.2, 0.25) is 0 Å². The van der Waals surface area contributed by atoms with Crippen LogP contribution >= 0.6 is 0 Å². The summed E-state index contributed by atoms with van der Waals surface area (Å²) in [5.74, 6) is 0.620. The van der Waals surface area contributed by atoms with Gasteiger partial charge in [0, 0.05) is 12.1 Å². The van der Waals surface area contributed by atoms with Crippen LogP contribution in [0.3, 0.4) is 0 Å². The highest BCUT2D eigenvalue weighted by molar-refractivity contribution is 5.22. The third-order valence-corrected chi connectivity index (χ3v) is 2.87. The molecule has 4 heteroatoms. The minimum Gasteiger partial charge on any atom is -0.370 e. The fourth-order valence-electron chi connectivity index (χ4n) is 2.29. The number of nitrogens with one attached hydrogen (secondary N) is 2. The Balaban J connectivity index is 2.20. The van der Waals surface area contributed by atoms with Gasteiger partial charge in [0.1, 0.15) is 0 Å². The van der Waals surface area contributed by atoms with Gasteiger partial charge in [0.25, 0.3) is 5.56 Å².